The van der Waals surface area contributed by atoms with Crippen LogP contribution in [0.15, 0.2) is 48.2 Å². The van der Waals surface area contributed by atoms with Gasteiger partial charge < -0.3 is 10.2 Å². The molecule has 0 radical (unpaired) electrons. The van der Waals surface area contributed by atoms with Crippen molar-refractivity contribution < 1.29 is 14.0 Å². The molecule has 2 aliphatic rings. The van der Waals surface area contributed by atoms with Crippen molar-refractivity contribution in [3.05, 3.63) is 70.7 Å². The molecule has 2 heterocycles. The lowest BCUT2D eigenvalue weighted by Crippen LogP contribution is -2.48. The molecular formula is C25H28FN3O2. The van der Waals surface area contributed by atoms with E-state index >= 15 is 0 Å². The molecule has 2 aromatic carbocycles. The second-order valence-electron chi connectivity index (χ2n) is 8.95. The molecule has 2 aliphatic heterocycles. The number of hydrogen-bond donors (Lipinski definition) is 1. The summed E-state index contributed by atoms with van der Waals surface area (Å²) in [6.45, 7) is 9.74. The van der Waals surface area contributed by atoms with Crippen molar-refractivity contribution in [2.75, 3.05) is 11.4 Å². The van der Waals surface area contributed by atoms with Crippen LogP contribution >= 0.6 is 0 Å². The molecule has 0 aliphatic carbocycles. The van der Waals surface area contributed by atoms with Crippen molar-refractivity contribution in [2.24, 2.45) is 0 Å². The second kappa shape index (κ2) is 7.84. The molecule has 0 spiro atoms. The molecule has 162 valence electrons. The van der Waals surface area contributed by atoms with E-state index in [2.05, 4.69) is 50.0 Å². The fourth-order valence-corrected chi connectivity index (χ4v) is 4.88. The Bertz CT molecular complexity index is 1080. The van der Waals surface area contributed by atoms with Crippen molar-refractivity contribution in [1.29, 1.82) is 0 Å². The maximum absolute atomic E-state index is 14.0. The van der Waals surface area contributed by atoms with Gasteiger partial charge in [0.1, 0.15) is 11.5 Å². The Morgan fingerprint density at radius 1 is 1.19 bits per heavy atom. The quantitative estimate of drug-likeness (QED) is 0.556. The molecule has 3 amide bonds. The van der Waals surface area contributed by atoms with Gasteiger partial charge in [-0.3, -0.25) is 9.69 Å². The number of amides is 3. The number of carbonyl (C=O) groups is 2. The minimum Gasteiger partial charge on any atom is -0.366 e. The van der Waals surface area contributed by atoms with E-state index in [1.54, 1.807) is 24.3 Å². The summed E-state index contributed by atoms with van der Waals surface area (Å²) in [5.74, 6) is -0.500. The van der Waals surface area contributed by atoms with Crippen molar-refractivity contribution in [1.82, 2.24) is 10.2 Å². The summed E-state index contributed by atoms with van der Waals surface area (Å²) in [5.41, 5.74) is 3.92. The Kier molecular flexibility index (Phi) is 5.33. The van der Waals surface area contributed by atoms with E-state index in [9.17, 15) is 14.0 Å². The van der Waals surface area contributed by atoms with E-state index in [1.165, 1.54) is 17.3 Å². The lowest BCUT2D eigenvalue weighted by atomic mass is 9.79. The maximum Gasteiger partial charge on any atom is 0.329 e. The van der Waals surface area contributed by atoms with Crippen LogP contribution < -0.4 is 10.2 Å². The van der Waals surface area contributed by atoms with Gasteiger partial charge in [0.15, 0.2) is 0 Å². The van der Waals surface area contributed by atoms with E-state index in [4.69, 9.17) is 0 Å². The fourth-order valence-electron chi connectivity index (χ4n) is 4.88. The predicted molar refractivity (Wildman–Crippen MR) is 120 cm³/mol. The monoisotopic (exact) mass is 421 g/mol. The third-order valence-electron chi connectivity index (χ3n) is 6.29. The molecule has 2 aromatic rings. The van der Waals surface area contributed by atoms with Crippen LogP contribution in [0.5, 0.6) is 0 Å². The third kappa shape index (κ3) is 3.82. The molecular weight excluding hydrogens is 393 g/mol. The van der Waals surface area contributed by atoms with E-state index in [1.807, 2.05) is 6.07 Å². The van der Waals surface area contributed by atoms with E-state index in [0.717, 1.165) is 23.4 Å². The molecule has 0 aromatic heterocycles. The zero-order valence-electron chi connectivity index (χ0n) is 18.4. The lowest BCUT2D eigenvalue weighted by molar-refractivity contribution is -0.123. The Morgan fingerprint density at radius 2 is 1.94 bits per heavy atom. The second-order valence-corrected chi connectivity index (χ2v) is 8.95. The average Bonchev–Trinajstić information content (AvgIpc) is 2.97. The predicted octanol–water partition coefficient (Wildman–Crippen LogP) is 5.03. The van der Waals surface area contributed by atoms with Gasteiger partial charge in [-0.15, -0.1) is 0 Å². The summed E-state index contributed by atoms with van der Waals surface area (Å²) >= 11 is 0. The number of anilines is 1. The first-order valence-electron chi connectivity index (χ1n) is 10.7. The van der Waals surface area contributed by atoms with E-state index in [-0.39, 0.29) is 17.8 Å². The number of nitrogens with one attached hydrogen (secondary N) is 1. The molecule has 1 N–H and O–H groups in total. The zero-order valence-corrected chi connectivity index (χ0v) is 18.4. The molecule has 1 atom stereocenters. The Labute approximate surface area is 182 Å². The summed E-state index contributed by atoms with van der Waals surface area (Å²) in [5, 5.41) is 2.63. The van der Waals surface area contributed by atoms with Crippen LogP contribution in [0, 0.1) is 5.82 Å². The van der Waals surface area contributed by atoms with Crippen LogP contribution in [0.4, 0.5) is 14.9 Å². The standard InChI is InChI=1S/C25H28FN3O2/c1-5-29-22-11-10-17(12-19(22)16(2)14-25(29,3)4)13-21-23(30)28(24(31)27-21)15-18-8-6-7-9-20(18)26/h6-13,16H,5,14-15H2,1-4H3,(H,27,31)/b21-13+. The summed E-state index contributed by atoms with van der Waals surface area (Å²) < 4.78 is 14.0. The van der Waals surface area contributed by atoms with Crippen LogP contribution in [0.2, 0.25) is 0 Å². The number of nitrogens with zero attached hydrogens (tertiary/aromatic N) is 2. The van der Waals surface area contributed by atoms with E-state index in [0.29, 0.717) is 11.5 Å². The Hall–Kier alpha value is -3.15. The van der Waals surface area contributed by atoms with Crippen molar-refractivity contribution in [3.8, 4) is 0 Å². The summed E-state index contributed by atoms with van der Waals surface area (Å²) in [7, 11) is 0. The Balaban J connectivity index is 1.61. The third-order valence-corrected chi connectivity index (χ3v) is 6.29. The highest BCUT2D eigenvalue weighted by molar-refractivity contribution is 6.13. The first-order valence-corrected chi connectivity index (χ1v) is 10.7. The number of urea groups is 1. The number of benzene rings is 2. The molecule has 0 saturated carbocycles. The smallest absolute Gasteiger partial charge is 0.329 e. The lowest BCUT2D eigenvalue weighted by Gasteiger charge is -2.47. The van der Waals surface area contributed by atoms with Gasteiger partial charge in [-0.25, -0.2) is 9.18 Å². The van der Waals surface area contributed by atoms with Gasteiger partial charge in [0, 0.05) is 23.3 Å². The molecule has 1 unspecified atom stereocenters. The minimum atomic E-state index is -0.537. The molecule has 1 saturated heterocycles. The topological polar surface area (TPSA) is 52.7 Å². The SMILES string of the molecule is CCN1c2ccc(/C=C3/NC(=O)N(Cc4ccccc4F)C3=O)cc2C(C)CC1(C)C. The molecule has 31 heavy (non-hydrogen) atoms. The van der Waals surface area contributed by atoms with Crippen molar-refractivity contribution in [3.63, 3.8) is 0 Å². The van der Waals surface area contributed by atoms with Gasteiger partial charge in [0.05, 0.1) is 6.54 Å². The number of imide groups is 1. The first kappa shape index (κ1) is 21.1. The van der Waals surface area contributed by atoms with Gasteiger partial charge in [-0.05, 0) is 68.5 Å². The van der Waals surface area contributed by atoms with Crippen LogP contribution in [0.1, 0.15) is 56.7 Å². The molecule has 0 bridgehead atoms. The van der Waals surface area contributed by atoms with Gasteiger partial charge in [0.25, 0.3) is 5.91 Å². The number of rotatable bonds is 4. The van der Waals surface area contributed by atoms with Gasteiger partial charge in [0.2, 0.25) is 0 Å². The summed E-state index contributed by atoms with van der Waals surface area (Å²) in [6, 6.07) is 11.8. The normalized spacial score (nSPS) is 21.5. The van der Waals surface area contributed by atoms with E-state index < -0.39 is 17.8 Å². The van der Waals surface area contributed by atoms with Crippen molar-refractivity contribution >= 4 is 23.7 Å². The number of carbonyl (C=O) groups excluding carboxylic acids is 2. The fraction of sp³-hybridized carbons (Fsp3) is 0.360. The van der Waals surface area contributed by atoms with Crippen LogP contribution in [-0.4, -0.2) is 28.9 Å². The zero-order chi connectivity index (χ0) is 22.3. The average molecular weight is 422 g/mol. The highest BCUT2D eigenvalue weighted by atomic mass is 19.1. The van der Waals surface area contributed by atoms with Crippen molar-refractivity contribution in [2.45, 2.75) is 52.1 Å². The first-order chi connectivity index (χ1) is 14.7. The Morgan fingerprint density at radius 3 is 2.65 bits per heavy atom. The van der Waals surface area contributed by atoms with Crippen LogP contribution in [0.25, 0.3) is 6.08 Å². The van der Waals surface area contributed by atoms with Gasteiger partial charge in [-0.2, -0.15) is 0 Å². The maximum atomic E-state index is 14.0. The summed E-state index contributed by atoms with van der Waals surface area (Å²) in [6.07, 6.45) is 2.74. The van der Waals surface area contributed by atoms with Crippen LogP contribution in [-0.2, 0) is 11.3 Å². The number of fused-ring (bicyclic) bond motifs is 1. The highest BCUT2D eigenvalue weighted by Crippen LogP contribution is 2.43. The van der Waals surface area contributed by atoms with Gasteiger partial charge >= 0.3 is 6.03 Å². The van der Waals surface area contributed by atoms with Gasteiger partial charge in [-0.1, -0.05) is 31.2 Å². The molecule has 5 nitrogen and oxygen atoms in total. The number of hydrogen-bond acceptors (Lipinski definition) is 3. The number of halogens is 1. The molecule has 4 rings (SSSR count). The molecule has 6 heteroatoms. The summed E-state index contributed by atoms with van der Waals surface area (Å²) in [4.78, 5) is 28.6. The minimum absolute atomic E-state index is 0.0871. The molecule has 1 fully saturated rings. The van der Waals surface area contributed by atoms with Crippen LogP contribution in [0.3, 0.4) is 0 Å². The highest BCUT2D eigenvalue weighted by Gasteiger charge is 2.36. The largest absolute Gasteiger partial charge is 0.366 e.